The van der Waals surface area contributed by atoms with E-state index in [0.29, 0.717) is 5.82 Å². The van der Waals surface area contributed by atoms with Crippen LogP contribution < -0.4 is 0 Å². The summed E-state index contributed by atoms with van der Waals surface area (Å²) in [6.45, 7) is 0. The van der Waals surface area contributed by atoms with Gasteiger partial charge in [-0.15, -0.1) is 0 Å². The van der Waals surface area contributed by atoms with Gasteiger partial charge in [0.1, 0.15) is 11.2 Å². The minimum absolute atomic E-state index is 0.0976. The first-order chi connectivity index (χ1) is 29.2. The van der Waals surface area contributed by atoms with Crippen LogP contribution in [0.1, 0.15) is 23.6 Å². The van der Waals surface area contributed by atoms with Crippen LogP contribution in [0, 0.1) is 0 Å². The topological polar surface area (TPSA) is 56.0 Å². The van der Waals surface area contributed by atoms with Crippen LogP contribution >= 0.6 is 0 Å². The number of nitrogens with zero attached hydrogens (tertiary/aromatic N) is 5. The standard InChI is InChI=1S/C54H37N5/c1-3-15-36(16-4-1)38-19-11-23-42(31-38)48-35-49(43-24-12-20-39(32-43)37-17-5-2-6-18-37)56-53(55-48)45-26-14-22-41(34-45)40-21-13-25-44(33-40)51-46-27-7-8-28-47(46)52-54(58-51)59-30-10-9-29-50(59)57-52/h1-23,25-35,43H,24H2. The predicted molar refractivity (Wildman–Crippen MR) is 242 cm³/mol. The quantitative estimate of drug-likeness (QED) is 0.163. The van der Waals surface area contributed by atoms with Crippen LogP contribution in [0.4, 0.5) is 0 Å². The summed E-state index contributed by atoms with van der Waals surface area (Å²) >= 11 is 0. The van der Waals surface area contributed by atoms with E-state index in [-0.39, 0.29) is 5.92 Å². The predicted octanol–water partition coefficient (Wildman–Crippen LogP) is 13.3. The van der Waals surface area contributed by atoms with Crippen LogP contribution in [0.3, 0.4) is 0 Å². The highest BCUT2D eigenvalue weighted by Crippen LogP contribution is 2.37. The molecule has 11 rings (SSSR count). The number of aromatic nitrogens is 5. The van der Waals surface area contributed by atoms with Gasteiger partial charge in [-0.05, 0) is 76.2 Å². The van der Waals surface area contributed by atoms with E-state index in [0.717, 1.165) is 84.5 Å². The Morgan fingerprint density at radius 3 is 1.86 bits per heavy atom. The van der Waals surface area contributed by atoms with E-state index in [9.17, 15) is 0 Å². The number of benzene rings is 6. The van der Waals surface area contributed by atoms with Gasteiger partial charge in [0, 0.05) is 39.6 Å². The first-order valence-corrected chi connectivity index (χ1v) is 20.1. The summed E-state index contributed by atoms with van der Waals surface area (Å²) in [7, 11) is 0. The molecule has 5 heteroatoms. The number of hydrogen-bond donors (Lipinski definition) is 0. The first-order valence-electron chi connectivity index (χ1n) is 20.1. The summed E-state index contributed by atoms with van der Waals surface area (Å²) in [5, 5.41) is 2.16. The van der Waals surface area contributed by atoms with Crippen molar-refractivity contribution in [3.8, 4) is 56.2 Å². The van der Waals surface area contributed by atoms with Gasteiger partial charge in [-0.25, -0.2) is 19.9 Å². The van der Waals surface area contributed by atoms with E-state index in [4.69, 9.17) is 19.9 Å². The molecule has 1 atom stereocenters. The summed E-state index contributed by atoms with van der Waals surface area (Å²) < 4.78 is 2.07. The molecule has 0 amide bonds. The molecule has 0 fully saturated rings. The number of pyridine rings is 2. The third kappa shape index (κ3) is 6.49. The normalized spacial score (nSPS) is 13.9. The summed E-state index contributed by atoms with van der Waals surface area (Å²) in [6.07, 6.45) is 9.75. The number of allylic oxidation sites excluding steroid dienone is 4. The van der Waals surface area contributed by atoms with E-state index < -0.39 is 0 Å². The Hall–Kier alpha value is -7.76. The van der Waals surface area contributed by atoms with Crippen molar-refractivity contribution in [1.29, 1.82) is 0 Å². The minimum atomic E-state index is 0.0976. The largest absolute Gasteiger partial charge is 0.284 e. The Morgan fingerprint density at radius 1 is 0.458 bits per heavy atom. The molecular weight excluding hydrogens is 719 g/mol. The minimum Gasteiger partial charge on any atom is -0.284 e. The smallest absolute Gasteiger partial charge is 0.165 e. The zero-order valence-electron chi connectivity index (χ0n) is 32.2. The van der Waals surface area contributed by atoms with Crippen LogP contribution in [-0.2, 0) is 0 Å². The van der Waals surface area contributed by atoms with Gasteiger partial charge in [0.2, 0.25) is 0 Å². The number of hydrogen-bond acceptors (Lipinski definition) is 4. The van der Waals surface area contributed by atoms with Gasteiger partial charge < -0.3 is 0 Å². The number of imidazole rings is 1. The molecule has 5 nitrogen and oxygen atoms in total. The van der Waals surface area contributed by atoms with Crippen molar-refractivity contribution in [2.24, 2.45) is 0 Å². The van der Waals surface area contributed by atoms with Crippen LogP contribution in [0.2, 0.25) is 0 Å². The van der Waals surface area contributed by atoms with E-state index in [1.165, 1.54) is 16.7 Å². The zero-order valence-corrected chi connectivity index (χ0v) is 32.2. The van der Waals surface area contributed by atoms with Gasteiger partial charge in [-0.1, -0.05) is 164 Å². The molecule has 0 N–H and O–H groups in total. The summed E-state index contributed by atoms with van der Waals surface area (Å²) in [6, 6.07) is 63.7. The van der Waals surface area contributed by atoms with E-state index in [2.05, 4.69) is 186 Å². The number of fused-ring (bicyclic) bond motifs is 5. The maximum Gasteiger partial charge on any atom is 0.165 e. The molecule has 0 radical (unpaired) electrons. The SMILES string of the molecule is C1=CC(c2ccccc2)=CC(c2cc(-c3cccc(-c4ccccc4)c3)nc(-c3cccc(-c4cccc(-c5nc6c(nc7ccccn76)c6ccccc56)c4)c3)n2)C1. The molecule has 0 saturated carbocycles. The molecule has 10 aromatic rings. The molecule has 1 unspecified atom stereocenters. The monoisotopic (exact) mass is 755 g/mol. The molecule has 6 aromatic carbocycles. The molecular formula is C54H37N5. The van der Waals surface area contributed by atoms with Gasteiger partial charge in [-0.3, -0.25) is 4.40 Å². The van der Waals surface area contributed by atoms with Crippen molar-refractivity contribution >= 4 is 33.2 Å². The molecule has 1 aliphatic carbocycles. The molecule has 59 heavy (non-hydrogen) atoms. The summed E-state index contributed by atoms with van der Waals surface area (Å²) in [5.74, 6) is 0.802. The first kappa shape index (κ1) is 34.5. The average Bonchev–Trinajstić information content (AvgIpc) is 3.71. The fourth-order valence-corrected chi connectivity index (χ4v) is 8.37. The van der Waals surface area contributed by atoms with Gasteiger partial charge in [0.25, 0.3) is 0 Å². The maximum atomic E-state index is 5.34. The molecule has 278 valence electrons. The van der Waals surface area contributed by atoms with Crippen LogP contribution in [0.25, 0.3) is 89.3 Å². The van der Waals surface area contributed by atoms with Gasteiger partial charge in [0.15, 0.2) is 11.5 Å². The Labute approximate surface area is 342 Å². The van der Waals surface area contributed by atoms with Crippen molar-refractivity contribution < 1.29 is 0 Å². The van der Waals surface area contributed by atoms with E-state index in [1.54, 1.807) is 0 Å². The van der Waals surface area contributed by atoms with Gasteiger partial charge >= 0.3 is 0 Å². The van der Waals surface area contributed by atoms with Crippen molar-refractivity contribution in [3.05, 3.63) is 218 Å². The lowest BCUT2D eigenvalue weighted by Crippen LogP contribution is -2.05. The zero-order chi connectivity index (χ0) is 39.1. The van der Waals surface area contributed by atoms with E-state index in [1.807, 2.05) is 24.4 Å². The van der Waals surface area contributed by atoms with Crippen molar-refractivity contribution in [2.75, 3.05) is 0 Å². The lowest BCUT2D eigenvalue weighted by Gasteiger charge is -2.19. The third-order valence-electron chi connectivity index (χ3n) is 11.3. The lowest BCUT2D eigenvalue weighted by molar-refractivity contribution is 0.814. The molecule has 4 heterocycles. The van der Waals surface area contributed by atoms with Crippen molar-refractivity contribution in [2.45, 2.75) is 12.3 Å². The highest BCUT2D eigenvalue weighted by Gasteiger charge is 2.20. The summed E-state index contributed by atoms with van der Waals surface area (Å²) in [4.78, 5) is 20.9. The van der Waals surface area contributed by atoms with Gasteiger partial charge in [0.05, 0.1) is 17.1 Å². The highest BCUT2D eigenvalue weighted by atomic mass is 15.1. The number of rotatable bonds is 7. The molecule has 4 aromatic heterocycles. The second-order valence-corrected chi connectivity index (χ2v) is 15.1. The Bertz CT molecular complexity index is 3250. The Morgan fingerprint density at radius 2 is 1.07 bits per heavy atom. The average molecular weight is 756 g/mol. The Kier molecular flexibility index (Phi) is 8.55. The summed E-state index contributed by atoms with van der Waals surface area (Å²) in [5.41, 5.74) is 15.4. The molecule has 0 saturated heterocycles. The second kappa shape index (κ2) is 14.6. The maximum absolute atomic E-state index is 5.34. The van der Waals surface area contributed by atoms with Crippen LogP contribution in [-0.4, -0.2) is 24.3 Å². The van der Waals surface area contributed by atoms with Crippen molar-refractivity contribution in [1.82, 2.24) is 24.3 Å². The van der Waals surface area contributed by atoms with Crippen LogP contribution in [0.15, 0.2) is 206 Å². The molecule has 1 aliphatic rings. The third-order valence-corrected chi connectivity index (χ3v) is 11.3. The fraction of sp³-hybridized carbons (Fsp3) is 0.0370. The fourth-order valence-electron chi connectivity index (χ4n) is 8.37. The van der Waals surface area contributed by atoms with Crippen molar-refractivity contribution in [3.63, 3.8) is 0 Å². The second-order valence-electron chi connectivity index (χ2n) is 15.1. The highest BCUT2D eigenvalue weighted by molar-refractivity contribution is 6.09. The van der Waals surface area contributed by atoms with E-state index >= 15 is 0 Å². The lowest BCUT2D eigenvalue weighted by atomic mass is 9.89. The van der Waals surface area contributed by atoms with Gasteiger partial charge in [-0.2, -0.15) is 0 Å². The molecule has 0 bridgehead atoms. The molecule has 0 aliphatic heterocycles. The molecule has 0 spiro atoms. The Balaban J connectivity index is 1.02. The van der Waals surface area contributed by atoms with Crippen LogP contribution in [0.5, 0.6) is 0 Å².